The normalized spacial score (nSPS) is 18.4. The molecule has 0 heterocycles. The zero-order chi connectivity index (χ0) is 12.8. The lowest BCUT2D eigenvalue weighted by Gasteiger charge is -2.25. The Kier molecular flexibility index (Phi) is 5.74. The van der Waals surface area contributed by atoms with Crippen LogP contribution in [0.25, 0.3) is 0 Å². The maximum absolute atomic E-state index is 2.45. The molecule has 0 amide bonds. The molecule has 1 atom stereocenters. The minimum Gasteiger partial charge on any atom is -0.0683 e. The van der Waals surface area contributed by atoms with Crippen molar-refractivity contribution >= 4 is 0 Å². The van der Waals surface area contributed by atoms with Crippen LogP contribution in [0.1, 0.15) is 82.4 Å². The van der Waals surface area contributed by atoms with Crippen LogP contribution >= 0.6 is 0 Å². The van der Waals surface area contributed by atoms with E-state index in [-0.39, 0.29) is 0 Å². The van der Waals surface area contributed by atoms with Gasteiger partial charge in [0.2, 0.25) is 0 Å². The van der Waals surface area contributed by atoms with Gasteiger partial charge in [-0.15, -0.1) is 0 Å². The summed E-state index contributed by atoms with van der Waals surface area (Å²) in [7, 11) is 0. The third kappa shape index (κ3) is 3.34. The Labute approximate surface area is 107 Å². The zero-order valence-corrected chi connectivity index (χ0v) is 12.2. The molecule has 0 fully saturated rings. The van der Waals surface area contributed by atoms with Crippen LogP contribution in [0.4, 0.5) is 0 Å². The minimum atomic E-state index is 0.664. The van der Waals surface area contributed by atoms with Crippen LogP contribution in [0.3, 0.4) is 0 Å². The van der Waals surface area contributed by atoms with Gasteiger partial charge >= 0.3 is 0 Å². The van der Waals surface area contributed by atoms with Crippen molar-refractivity contribution in [2.45, 2.75) is 72.1 Å². The molecule has 0 saturated heterocycles. The second kappa shape index (κ2) is 6.83. The van der Waals surface area contributed by atoms with E-state index in [1.807, 2.05) is 13.8 Å². The number of benzene rings is 1. The summed E-state index contributed by atoms with van der Waals surface area (Å²) in [6.45, 7) is 10.9. The van der Waals surface area contributed by atoms with E-state index >= 15 is 0 Å². The summed E-state index contributed by atoms with van der Waals surface area (Å²) in [6, 6.07) is 7.16. The third-order valence-corrected chi connectivity index (χ3v) is 3.77. The fourth-order valence-corrected chi connectivity index (χ4v) is 2.72. The van der Waals surface area contributed by atoms with E-state index in [1.165, 1.54) is 31.2 Å². The summed E-state index contributed by atoms with van der Waals surface area (Å²) in [5.41, 5.74) is 4.76. The molecule has 0 heteroatoms. The van der Waals surface area contributed by atoms with Crippen molar-refractivity contribution in [3.8, 4) is 0 Å². The fraction of sp³-hybridized carbons (Fsp3) is 0.647. The van der Waals surface area contributed by atoms with E-state index in [0.717, 1.165) is 5.92 Å². The van der Waals surface area contributed by atoms with Crippen molar-refractivity contribution in [2.75, 3.05) is 0 Å². The van der Waals surface area contributed by atoms with Crippen molar-refractivity contribution < 1.29 is 0 Å². The third-order valence-electron chi connectivity index (χ3n) is 3.77. The highest BCUT2D eigenvalue weighted by atomic mass is 14.2. The molecule has 17 heavy (non-hydrogen) atoms. The topological polar surface area (TPSA) is 0 Å². The van der Waals surface area contributed by atoms with E-state index in [2.05, 4.69) is 39.0 Å². The van der Waals surface area contributed by atoms with Crippen LogP contribution < -0.4 is 0 Å². The van der Waals surface area contributed by atoms with Crippen LogP contribution in [0.5, 0.6) is 0 Å². The van der Waals surface area contributed by atoms with Crippen LogP contribution in [0.2, 0.25) is 0 Å². The van der Waals surface area contributed by atoms with Gasteiger partial charge in [-0.25, -0.2) is 0 Å². The molecule has 2 rings (SSSR count). The van der Waals surface area contributed by atoms with Gasteiger partial charge in [0.1, 0.15) is 0 Å². The average Bonchev–Trinajstić information content (AvgIpc) is 2.39. The lowest BCUT2D eigenvalue weighted by molar-refractivity contribution is 0.539. The second-order valence-corrected chi connectivity index (χ2v) is 5.11. The Hall–Kier alpha value is -0.780. The Balaban J connectivity index is 0.000000686. The average molecular weight is 232 g/mol. The second-order valence-electron chi connectivity index (χ2n) is 5.11. The number of hydrogen-bond acceptors (Lipinski definition) is 0. The molecule has 0 spiro atoms. The van der Waals surface area contributed by atoms with Crippen molar-refractivity contribution in [1.29, 1.82) is 0 Å². The van der Waals surface area contributed by atoms with Crippen molar-refractivity contribution in [3.05, 3.63) is 34.9 Å². The van der Waals surface area contributed by atoms with Crippen LogP contribution in [-0.2, 0) is 6.42 Å². The molecule has 0 bridgehead atoms. The summed E-state index contributed by atoms with van der Waals surface area (Å²) in [6.07, 6.45) is 5.37. The SMILES string of the molecule is CC.CCC1CCCc2cc(C(C)C)ccc21. The van der Waals surface area contributed by atoms with Crippen LogP contribution in [0, 0.1) is 0 Å². The molecule has 0 radical (unpaired) electrons. The number of fused-ring (bicyclic) bond motifs is 1. The zero-order valence-electron chi connectivity index (χ0n) is 12.2. The van der Waals surface area contributed by atoms with Crippen molar-refractivity contribution in [1.82, 2.24) is 0 Å². The molecule has 0 N–H and O–H groups in total. The molecule has 1 aliphatic rings. The van der Waals surface area contributed by atoms with Gasteiger partial charge in [0.25, 0.3) is 0 Å². The molecule has 0 nitrogen and oxygen atoms in total. The van der Waals surface area contributed by atoms with E-state index < -0.39 is 0 Å². The van der Waals surface area contributed by atoms with Gasteiger partial charge in [0, 0.05) is 0 Å². The Morgan fingerprint density at radius 1 is 1.24 bits per heavy atom. The van der Waals surface area contributed by atoms with E-state index in [9.17, 15) is 0 Å². The largest absolute Gasteiger partial charge is 0.0683 e. The van der Waals surface area contributed by atoms with Crippen LogP contribution in [-0.4, -0.2) is 0 Å². The lowest BCUT2D eigenvalue weighted by Crippen LogP contribution is -2.09. The van der Waals surface area contributed by atoms with Gasteiger partial charge in [-0.3, -0.25) is 0 Å². The number of hydrogen-bond donors (Lipinski definition) is 0. The first-order valence-corrected chi connectivity index (χ1v) is 7.35. The van der Waals surface area contributed by atoms with Crippen molar-refractivity contribution in [2.24, 2.45) is 0 Å². The maximum atomic E-state index is 2.45. The van der Waals surface area contributed by atoms with E-state index in [4.69, 9.17) is 0 Å². The first-order valence-electron chi connectivity index (χ1n) is 7.35. The molecular formula is C17H28. The highest BCUT2D eigenvalue weighted by molar-refractivity contribution is 5.37. The summed E-state index contributed by atoms with van der Waals surface area (Å²) in [5, 5.41) is 0. The predicted molar refractivity (Wildman–Crippen MR) is 77.8 cm³/mol. The van der Waals surface area contributed by atoms with Crippen LogP contribution in [0.15, 0.2) is 18.2 Å². The predicted octanol–water partition coefficient (Wildman–Crippen LogP) is 5.67. The summed E-state index contributed by atoms with van der Waals surface area (Å²) in [4.78, 5) is 0. The van der Waals surface area contributed by atoms with Crippen molar-refractivity contribution in [3.63, 3.8) is 0 Å². The highest BCUT2D eigenvalue weighted by Crippen LogP contribution is 2.35. The molecule has 1 unspecified atom stereocenters. The van der Waals surface area contributed by atoms with E-state index in [0.29, 0.717) is 5.92 Å². The van der Waals surface area contributed by atoms with Gasteiger partial charge in [0.15, 0.2) is 0 Å². The monoisotopic (exact) mass is 232 g/mol. The van der Waals surface area contributed by atoms with Gasteiger partial charge in [-0.2, -0.15) is 0 Å². The molecule has 1 aromatic carbocycles. The van der Waals surface area contributed by atoms with E-state index in [1.54, 1.807) is 11.1 Å². The molecule has 0 aromatic heterocycles. The number of aryl methyl sites for hydroxylation is 1. The summed E-state index contributed by atoms with van der Waals surface area (Å²) >= 11 is 0. The highest BCUT2D eigenvalue weighted by Gasteiger charge is 2.18. The Morgan fingerprint density at radius 2 is 1.94 bits per heavy atom. The van der Waals surface area contributed by atoms with Gasteiger partial charge in [-0.05, 0) is 54.2 Å². The standard InChI is InChI=1S/C15H22.C2H6/c1-4-12-6-5-7-14-10-13(11(2)3)8-9-15(12)14;1-2/h8-12H,4-7H2,1-3H3;1-2H3. The molecule has 0 saturated carbocycles. The Morgan fingerprint density at radius 3 is 2.53 bits per heavy atom. The molecular weight excluding hydrogens is 204 g/mol. The lowest BCUT2D eigenvalue weighted by atomic mass is 9.80. The molecule has 96 valence electrons. The van der Waals surface area contributed by atoms with Gasteiger partial charge in [0.05, 0.1) is 0 Å². The smallest absolute Gasteiger partial charge is 0.0162 e. The molecule has 1 aromatic rings. The molecule has 1 aliphatic carbocycles. The fourth-order valence-electron chi connectivity index (χ4n) is 2.72. The number of rotatable bonds is 2. The summed E-state index contributed by atoms with van der Waals surface area (Å²) < 4.78 is 0. The molecule has 0 aliphatic heterocycles. The van der Waals surface area contributed by atoms with Gasteiger partial charge < -0.3 is 0 Å². The first kappa shape index (κ1) is 14.3. The summed E-state index contributed by atoms with van der Waals surface area (Å²) in [5.74, 6) is 1.49. The first-order chi connectivity index (χ1) is 8.22. The minimum absolute atomic E-state index is 0.664. The maximum Gasteiger partial charge on any atom is -0.0162 e. The van der Waals surface area contributed by atoms with Gasteiger partial charge in [-0.1, -0.05) is 52.8 Å². The Bertz CT molecular complexity index is 336. The quantitative estimate of drug-likeness (QED) is 0.616.